The van der Waals surface area contributed by atoms with Gasteiger partial charge in [0.1, 0.15) is 5.82 Å². The van der Waals surface area contributed by atoms with Crippen LogP contribution in [0.25, 0.3) is 0 Å². The summed E-state index contributed by atoms with van der Waals surface area (Å²) in [6.07, 6.45) is 5.97. The van der Waals surface area contributed by atoms with Gasteiger partial charge in [0.15, 0.2) is 0 Å². The molecule has 0 unspecified atom stereocenters. The van der Waals surface area contributed by atoms with Crippen LogP contribution < -0.4 is 10.2 Å². The highest BCUT2D eigenvalue weighted by Crippen LogP contribution is 2.24. The third-order valence-electron chi connectivity index (χ3n) is 4.75. The largest absolute Gasteiger partial charge is 0.353 e. The molecule has 0 radical (unpaired) electrons. The normalized spacial score (nSPS) is 17.2. The van der Waals surface area contributed by atoms with Gasteiger partial charge in [-0.25, -0.2) is 9.78 Å². The number of carbonyl (C=O) groups excluding carboxylic acids is 1. The second-order valence-corrected chi connectivity index (χ2v) is 6.84. The zero-order valence-electron chi connectivity index (χ0n) is 14.6. The molecule has 0 bridgehead atoms. The monoisotopic (exact) mass is 340 g/mol. The van der Waals surface area contributed by atoms with Gasteiger partial charge in [-0.1, -0.05) is 6.07 Å². The Morgan fingerprint density at radius 1 is 1.28 bits per heavy atom. The van der Waals surface area contributed by atoms with E-state index in [9.17, 15) is 4.79 Å². The van der Waals surface area contributed by atoms with Crippen LogP contribution in [0.2, 0.25) is 0 Å². The number of aryl methyl sites for hydroxylation is 1. The first-order valence-corrected chi connectivity index (χ1v) is 8.93. The Balaban J connectivity index is 1.52. The fourth-order valence-corrected chi connectivity index (χ4v) is 3.14. The van der Waals surface area contributed by atoms with E-state index in [4.69, 9.17) is 4.98 Å². The quantitative estimate of drug-likeness (QED) is 0.921. The summed E-state index contributed by atoms with van der Waals surface area (Å²) in [5, 5.41) is 7.37. The van der Waals surface area contributed by atoms with Crippen LogP contribution in [0.4, 0.5) is 10.6 Å². The van der Waals surface area contributed by atoms with Crippen LogP contribution in [0.3, 0.4) is 0 Å². The molecule has 1 saturated carbocycles. The maximum atomic E-state index is 12.5. The number of amides is 2. The summed E-state index contributed by atoms with van der Waals surface area (Å²) in [4.78, 5) is 21.4. The van der Waals surface area contributed by atoms with Crippen molar-refractivity contribution in [1.29, 1.82) is 0 Å². The Morgan fingerprint density at radius 2 is 2.16 bits per heavy atom. The SMILES string of the molecule is Cc1ccc2c(n1)N(CCn1cccn1)CCN(C(=O)NC1CC1)C2. The first-order chi connectivity index (χ1) is 12.2. The van der Waals surface area contributed by atoms with Crippen molar-refractivity contribution in [2.45, 2.75) is 38.9 Å². The molecular weight excluding hydrogens is 316 g/mol. The molecule has 0 saturated heterocycles. The Bertz CT molecular complexity index is 740. The number of hydrogen-bond acceptors (Lipinski definition) is 4. The van der Waals surface area contributed by atoms with Crippen molar-refractivity contribution in [2.24, 2.45) is 0 Å². The molecule has 2 aromatic heterocycles. The Kier molecular flexibility index (Phi) is 4.29. The van der Waals surface area contributed by atoms with Gasteiger partial charge in [0.25, 0.3) is 0 Å². The van der Waals surface area contributed by atoms with Gasteiger partial charge in [-0.05, 0) is 31.9 Å². The van der Waals surface area contributed by atoms with Crippen molar-refractivity contribution in [2.75, 3.05) is 24.5 Å². The van der Waals surface area contributed by atoms with Crippen molar-refractivity contribution < 1.29 is 4.79 Å². The number of carbonyl (C=O) groups is 1. The topological polar surface area (TPSA) is 66.3 Å². The fourth-order valence-electron chi connectivity index (χ4n) is 3.14. The van der Waals surface area contributed by atoms with E-state index in [0.717, 1.165) is 49.6 Å². The lowest BCUT2D eigenvalue weighted by molar-refractivity contribution is 0.197. The van der Waals surface area contributed by atoms with E-state index in [0.29, 0.717) is 19.1 Å². The van der Waals surface area contributed by atoms with E-state index in [-0.39, 0.29) is 6.03 Å². The second-order valence-electron chi connectivity index (χ2n) is 6.84. The molecule has 1 N–H and O–H groups in total. The highest BCUT2D eigenvalue weighted by Gasteiger charge is 2.28. The minimum atomic E-state index is 0.0444. The molecule has 7 nitrogen and oxygen atoms in total. The van der Waals surface area contributed by atoms with Gasteiger partial charge < -0.3 is 15.1 Å². The third kappa shape index (κ3) is 3.75. The molecule has 1 aliphatic carbocycles. The maximum Gasteiger partial charge on any atom is 0.317 e. The predicted molar refractivity (Wildman–Crippen MR) is 95.4 cm³/mol. The number of fused-ring (bicyclic) bond motifs is 1. The summed E-state index contributed by atoms with van der Waals surface area (Å²) in [5.74, 6) is 0.994. The summed E-state index contributed by atoms with van der Waals surface area (Å²) in [5.41, 5.74) is 2.10. The predicted octanol–water partition coefficient (Wildman–Crippen LogP) is 1.78. The average Bonchev–Trinajstić information content (AvgIpc) is 3.30. The van der Waals surface area contributed by atoms with E-state index in [1.165, 1.54) is 0 Å². The van der Waals surface area contributed by atoms with Gasteiger partial charge in [-0.3, -0.25) is 4.68 Å². The highest BCUT2D eigenvalue weighted by atomic mass is 16.2. The maximum absolute atomic E-state index is 12.5. The van der Waals surface area contributed by atoms with E-state index >= 15 is 0 Å². The first kappa shape index (κ1) is 15.9. The standard InChI is InChI=1S/C18H24N6O/c1-14-3-4-15-13-23(18(25)21-16-5-6-16)10-9-22(17(15)20-14)11-12-24-8-2-7-19-24/h2-4,7-8,16H,5-6,9-13H2,1H3,(H,21,25). The molecule has 2 amide bonds. The lowest BCUT2D eigenvalue weighted by Crippen LogP contribution is -2.42. The first-order valence-electron chi connectivity index (χ1n) is 8.93. The summed E-state index contributed by atoms with van der Waals surface area (Å²) in [7, 11) is 0. The molecule has 2 aromatic rings. The zero-order valence-corrected chi connectivity index (χ0v) is 14.6. The molecule has 0 spiro atoms. The van der Waals surface area contributed by atoms with Crippen molar-refractivity contribution in [3.05, 3.63) is 41.9 Å². The summed E-state index contributed by atoms with van der Waals surface area (Å²) in [6.45, 7) is 5.73. The second kappa shape index (κ2) is 6.74. The van der Waals surface area contributed by atoms with Gasteiger partial charge >= 0.3 is 6.03 Å². The van der Waals surface area contributed by atoms with Crippen LogP contribution in [0.1, 0.15) is 24.1 Å². The van der Waals surface area contributed by atoms with Crippen LogP contribution in [0.15, 0.2) is 30.6 Å². The molecule has 2 aliphatic rings. The summed E-state index contributed by atoms with van der Waals surface area (Å²) in [6, 6.07) is 6.47. The van der Waals surface area contributed by atoms with Gasteiger partial charge in [0, 0.05) is 49.3 Å². The van der Waals surface area contributed by atoms with E-state index in [2.05, 4.69) is 21.4 Å². The lowest BCUT2D eigenvalue weighted by Gasteiger charge is -2.24. The molecule has 7 heteroatoms. The minimum absolute atomic E-state index is 0.0444. The Morgan fingerprint density at radius 3 is 2.92 bits per heavy atom. The lowest BCUT2D eigenvalue weighted by atomic mass is 10.2. The minimum Gasteiger partial charge on any atom is -0.353 e. The van der Waals surface area contributed by atoms with E-state index in [1.54, 1.807) is 6.20 Å². The molecule has 3 heterocycles. The number of nitrogens with one attached hydrogen (secondary N) is 1. The third-order valence-corrected chi connectivity index (χ3v) is 4.75. The van der Waals surface area contributed by atoms with Crippen molar-refractivity contribution in [3.63, 3.8) is 0 Å². The van der Waals surface area contributed by atoms with Crippen molar-refractivity contribution in [3.8, 4) is 0 Å². The molecule has 1 aliphatic heterocycles. The van der Waals surface area contributed by atoms with Crippen LogP contribution in [0, 0.1) is 6.92 Å². The van der Waals surface area contributed by atoms with Gasteiger partial charge in [-0.15, -0.1) is 0 Å². The number of hydrogen-bond donors (Lipinski definition) is 1. The van der Waals surface area contributed by atoms with Crippen molar-refractivity contribution >= 4 is 11.8 Å². The number of rotatable bonds is 4. The van der Waals surface area contributed by atoms with Gasteiger partial charge in [0.05, 0.1) is 13.1 Å². The molecule has 4 rings (SSSR count). The molecule has 25 heavy (non-hydrogen) atoms. The number of pyridine rings is 1. The Hall–Kier alpha value is -2.57. The highest BCUT2D eigenvalue weighted by molar-refractivity contribution is 5.75. The van der Waals surface area contributed by atoms with Crippen LogP contribution >= 0.6 is 0 Å². The van der Waals surface area contributed by atoms with Crippen LogP contribution in [-0.2, 0) is 13.1 Å². The molecule has 0 atom stereocenters. The van der Waals surface area contributed by atoms with Gasteiger partial charge in [0.2, 0.25) is 0 Å². The number of urea groups is 1. The Labute approximate surface area is 147 Å². The van der Waals surface area contributed by atoms with Crippen LogP contribution in [0.5, 0.6) is 0 Å². The van der Waals surface area contributed by atoms with Crippen molar-refractivity contribution in [1.82, 2.24) is 25.0 Å². The van der Waals surface area contributed by atoms with Crippen LogP contribution in [-0.4, -0.2) is 51.4 Å². The average molecular weight is 340 g/mol. The molecule has 0 aromatic carbocycles. The molecular formula is C18H24N6O. The fraction of sp³-hybridized carbons (Fsp3) is 0.500. The van der Waals surface area contributed by atoms with E-state index < -0.39 is 0 Å². The number of anilines is 1. The summed E-state index contributed by atoms with van der Waals surface area (Å²) >= 11 is 0. The van der Waals surface area contributed by atoms with Gasteiger partial charge in [-0.2, -0.15) is 5.10 Å². The summed E-state index contributed by atoms with van der Waals surface area (Å²) < 4.78 is 1.93. The number of nitrogens with zero attached hydrogens (tertiary/aromatic N) is 5. The van der Waals surface area contributed by atoms with E-state index in [1.807, 2.05) is 34.8 Å². The zero-order chi connectivity index (χ0) is 17.2. The molecule has 1 fully saturated rings. The smallest absolute Gasteiger partial charge is 0.317 e. The molecule has 132 valence electrons. The number of aromatic nitrogens is 3.